The fraction of sp³-hybridized carbons (Fsp3) is 0.562. The Labute approximate surface area is 121 Å². The van der Waals surface area contributed by atoms with Gasteiger partial charge in [-0.05, 0) is 31.5 Å². The highest BCUT2D eigenvalue weighted by molar-refractivity contribution is 5.76. The van der Waals surface area contributed by atoms with Crippen molar-refractivity contribution in [1.82, 2.24) is 10.2 Å². The standard InChI is InChI=1S/C16H24N2O2/c1-2-17-14-8-11-18(12-9-14)16(19)10-13-20-15-6-4-3-5-7-15/h3-7,14,17H,2,8-13H2,1H3. The molecule has 1 aromatic carbocycles. The number of hydrogen-bond acceptors (Lipinski definition) is 3. The van der Waals surface area contributed by atoms with E-state index in [0.717, 1.165) is 38.2 Å². The Morgan fingerprint density at radius 1 is 1.30 bits per heavy atom. The summed E-state index contributed by atoms with van der Waals surface area (Å²) in [5.74, 6) is 1.03. The van der Waals surface area contributed by atoms with Crippen LogP contribution in [0.15, 0.2) is 30.3 Å². The molecule has 20 heavy (non-hydrogen) atoms. The second kappa shape index (κ2) is 7.90. The van der Waals surface area contributed by atoms with Crippen LogP contribution in [0.5, 0.6) is 5.75 Å². The van der Waals surface area contributed by atoms with Crippen molar-refractivity contribution in [3.63, 3.8) is 0 Å². The molecule has 1 aliphatic rings. The summed E-state index contributed by atoms with van der Waals surface area (Å²) < 4.78 is 5.57. The van der Waals surface area contributed by atoms with E-state index in [1.54, 1.807) is 0 Å². The maximum Gasteiger partial charge on any atom is 0.225 e. The van der Waals surface area contributed by atoms with E-state index >= 15 is 0 Å². The van der Waals surface area contributed by atoms with Crippen LogP contribution < -0.4 is 10.1 Å². The zero-order chi connectivity index (χ0) is 14.2. The van der Waals surface area contributed by atoms with Crippen LogP contribution in [0, 0.1) is 0 Å². The van der Waals surface area contributed by atoms with E-state index in [2.05, 4.69) is 12.2 Å². The Morgan fingerprint density at radius 3 is 2.65 bits per heavy atom. The fourth-order valence-corrected chi connectivity index (χ4v) is 2.55. The number of amides is 1. The summed E-state index contributed by atoms with van der Waals surface area (Å²) in [4.78, 5) is 14.0. The molecule has 1 saturated heterocycles. The molecule has 0 atom stereocenters. The minimum atomic E-state index is 0.205. The molecule has 4 heteroatoms. The molecule has 110 valence electrons. The molecule has 0 aromatic heterocycles. The van der Waals surface area contributed by atoms with Gasteiger partial charge in [0.25, 0.3) is 0 Å². The highest BCUT2D eigenvalue weighted by Crippen LogP contribution is 2.12. The minimum absolute atomic E-state index is 0.205. The molecular formula is C16H24N2O2. The lowest BCUT2D eigenvalue weighted by atomic mass is 10.0. The van der Waals surface area contributed by atoms with Crippen molar-refractivity contribution in [1.29, 1.82) is 0 Å². The van der Waals surface area contributed by atoms with Gasteiger partial charge in [0.05, 0.1) is 13.0 Å². The Kier molecular flexibility index (Phi) is 5.87. The SMILES string of the molecule is CCNC1CCN(C(=O)CCOc2ccccc2)CC1. The normalized spacial score (nSPS) is 16.1. The third kappa shape index (κ3) is 4.53. The van der Waals surface area contributed by atoms with Crippen LogP contribution in [-0.2, 0) is 4.79 Å². The molecule has 0 unspecified atom stereocenters. The Bertz CT molecular complexity index is 400. The predicted molar refractivity (Wildman–Crippen MR) is 79.8 cm³/mol. The van der Waals surface area contributed by atoms with Gasteiger partial charge < -0.3 is 15.0 Å². The van der Waals surface area contributed by atoms with Gasteiger partial charge in [-0.2, -0.15) is 0 Å². The fourth-order valence-electron chi connectivity index (χ4n) is 2.55. The molecule has 0 bridgehead atoms. The van der Waals surface area contributed by atoms with Gasteiger partial charge in [0.1, 0.15) is 5.75 Å². The number of carbonyl (C=O) groups is 1. The van der Waals surface area contributed by atoms with Crippen LogP contribution in [0.2, 0.25) is 0 Å². The Balaban J connectivity index is 1.66. The molecule has 0 spiro atoms. The molecule has 0 radical (unpaired) electrons. The molecule has 1 amide bonds. The summed E-state index contributed by atoms with van der Waals surface area (Å²) in [5, 5.41) is 3.45. The lowest BCUT2D eigenvalue weighted by Crippen LogP contribution is -2.45. The quantitative estimate of drug-likeness (QED) is 0.864. The molecule has 4 nitrogen and oxygen atoms in total. The Hall–Kier alpha value is -1.55. The maximum absolute atomic E-state index is 12.1. The van der Waals surface area contributed by atoms with E-state index < -0.39 is 0 Å². The minimum Gasteiger partial charge on any atom is -0.493 e. The zero-order valence-corrected chi connectivity index (χ0v) is 12.2. The number of para-hydroxylation sites is 1. The van der Waals surface area contributed by atoms with E-state index in [4.69, 9.17) is 4.74 Å². The van der Waals surface area contributed by atoms with Crippen LogP contribution in [0.1, 0.15) is 26.2 Å². The van der Waals surface area contributed by atoms with Gasteiger partial charge in [0.2, 0.25) is 5.91 Å². The summed E-state index contributed by atoms with van der Waals surface area (Å²) >= 11 is 0. The summed E-state index contributed by atoms with van der Waals surface area (Å²) in [6, 6.07) is 10.2. The zero-order valence-electron chi connectivity index (χ0n) is 12.2. The third-order valence-electron chi connectivity index (χ3n) is 3.67. The molecule has 2 rings (SSSR count). The lowest BCUT2D eigenvalue weighted by molar-refractivity contribution is -0.132. The number of nitrogens with one attached hydrogen (secondary N) is 1. The molecule has 0 aliphatic carbocycles. The smallest absolute Gasteiger partial charge is 0.225 e. The van der Waals surface area contributed by atoms with Crippen molar-refractivity contribution in [3.05, 3.63) is 30.3 Å². The van der Waals surface area contributed by atoms with E-state index in [1.165, 1.54) is 0 Å². The lowest BCUT2D eigenvalue weighted by Gasteiger charge is -2.32. The van der Waals surface area contributed by atoms with Gasteiger partial charge in [0, 0.05) is 19.1 Å². The van der Waals surface area contributed by atoms with E-state index in [1.807, 2.05) is 35.2 Å². The number of rotatable bonds is 6. The number of piperidine rings is 1. The van der Waals surface area contributed by atoms with Crippen molar-refractivity contribution in [2.24, 2.45) is 0 Å². The number of benzene rings is 1. The van der Waals surface area contributed by atoms with Crippen molar-refractivity contribution in [3.8, 4) is 5.75 Å². The van der Waals surface area contributed by atoms with Gasteiger partial charge >= 0.3 is 0 Å². The summed E-state index contributed by atoms with van der Waals surface area (Å²) in [6.45, 7) is 5.31. The number of carbonyl (C=O) groups excluding carboxylic acids is 1. The van der Waals surface area contributed by atoms with Gasteiger partial charge in [-0.3, -0.25) is 4.79 Å². The van der Waals surface area contributed by atoms with E-state index in [-0.39, 0.29) is 5.91 Å². The van der Waals surface area contributed by atoms with Crippen molar-refractivity contribution < 1.29 is 9.53 Å². The number of likely N-dealkylation sites (tertiary alicyclic amines) is 1. The van der Waals surface area contributed by atoms with Crippen LogP contribution >= 0.6 is 0 Å². The first kappa shape index (κ1) is 14.9. The third-order valence-corrected chi connectivity index (χ3v) is 3.67. The van der Waals surface area contributed by atoms with Gasteiger partial charge in [-0.25, -0.2) is 0 Å². The highest BCUT2D eigenvalue weighted by atomic mass is 16.5. The van der Waals surface area contributed by atoms with Crippen LogP contribution in [0.4, 0.5) is 0 Å². The molecule has 1 heterocycles. The largest absolute Gasteiger partial charge is 0.493 e. The van der Waals surface area contributed by atoms with Crippen molar-refractivity contribution in [2.75, 3.05) is 26.2 Å². The summed E-state index contributed by atoms with van der Waals surface area (Å²) in [6.07, 6.45) is 2.57. The van der Waals surface area contributed by atoms with Gasteiger partial charge in [-0.1, -0.05) is 25.1 Å². The molecule has 1 aromatic rings. The van der Waals surface area contributed by atoms with Crippen molar-refractivity contribution in [2.45, 2.75) is 32.2 Å². The highest BCUT2D eigenvalue weighted by Gasteiger charge is 2.21. The summed E-state index contributed by atoms with van der Waals surface area (Å²) in [5.41, 5.74) is 0. The second-order valence-electron chi connectivity index (χ2n) is 5.12. The second-order valence-corrected chi connectivity index (χ2v) is 5.12. The summed E-state index contributed by atoms with van der Waals surface area (Å²) in [7, 11) is 0. The molecule has 0 saturated carbocycles. The molecular weight excluding hydrogens is 252 g/mol. The molecule has 1 aliphatic heterocycles. The van der Waals surface area contributed by atoms with Crippen LogP contribution in [0.25, 0.3) is 0 Å². The van der Waals surface area contributed by atoms with E-state index in [0.29, 0.717) is 19.1 Å². The Morgan fingerprint density at radius 2 is 2.00 bits per heavy atom. The monoisotopic (exact) mass is 276 g/mol. The molecule has 1 N–H and O–H groups in total. The van der Waals surface area contributed by atoms with Crippen molar-refractivity contribution >= 4 is 5.91 Å². The number of hydrogen-bond donors (Lipinski definition) is 1. The average molecular weight is 276 g/mol. The van der Waals surface area contributed by atoms with E-state index in [9.17, 15) is 4.79 Å². The first-order valence-corrected chi connectivity index (χ1v) is 7.48. The first-order chi connectivity index (χ1) is 9.79. The maximum atomic E-state index is 12.1. The number of nitrogens with zero attached hydrogens (tertiary/aromatic N) is 1. The molecule has 1 fully saturated rings. The average Bonchev–Trinajstić information content (AvgIpc) is 2.49. The predicted octanol–water partition coefficient (Wildman–Crippen LogP) is 2.06. The van der Waals surface area contributed by atoms with Gasteiger partial charge in [-0.15, -0.1) is 0 Å². The number of ether oxygens (including phenoxy) is 1. The first-order valence-electron chi connectivity index (χ1n) is 7.48. The topological polar surface area (TPSA) is 41.6 Å². The van der Waals surface area contributed by atoms with Crippen LogP contribution in [0.3, 0.4) is 0 Å². The van der Waals surface area contributed by atoms with Crippen LogP contribution in [-0.4, -0.2) is 43.1 Å². The van der Waals surface area contributed by atoms with Gasteiger partial charge in [0.15, 0.2) is 0 Å².